The van der Waals surface area contributed by atoms with Gasteiger partial charge in [-0.2, -0.15) is 10.1 Å². The maximum Gasteiger partial charge on any atom is 0.280 e. The van der Waals surface area contributed by atoms with Gasteiger partial charge in [-0.3, -0.25) is 14.9 Å². The molecular weight excluding hydrogens is 374 g/mol. The standard InChI is InChI=1S/C21H15N3O5/c1-13-17(21(26)23(22-13)14-5-3-2-4-6-14)12-16-8-10-20(29-16)18-11-15(24(27)28)7-9-19(18)25/h2-12,25H,1H3/b17-12-. The minimum atomic E-state index is -0.552. The zero-order valence-electron chi connectivity index (χ0n) is 15.3. The maximum atomic E-state index is 12.8. The van der Waals surface area contributed by atoms with Crippen molar-refractivity contribution >= 4 is 29.1 Å². The predicted molar refractivity (Wildman–Crippen MR) is 107 cm³/mol. The van der Waals surface area contributed by atoms with Crippen LogP contribution >= 0.6 is 0 Å². The van der Waals surface area contributed by atoms with E-state index in [2.05, 4.69) is 5.10 Å². The van der Waals surface area contributed by atoms with Crippen molar-refractivity contribution in [3.8, 4) is 17.1 Å². The van der Waals surface area contributed by atoms with Gasteiger partial charge in [0, 0.05) is 12.1 Å². The largest absolute Gasteiger partial charge is 0.507 e. The molecule has 0 radical (unpaired) electrons. The SMILES string of the molecule is CC1=NN(c2ccccc2)C(=O)/C1=C\c1ccc(-c2cc([N+](=O)[O-])ccc2O)o1. The van der Waals surface area contributed by atoms with Crippen molar-refractivity contribution in [2.24, 2.45) is 5.10 Å². The number of hydrogen-bond donors (Lipinski definition) is 1. The first-order chi connectivity index (χ1) is 13.9. The topological polar surface area (TPSA) is 109 Å². The summed E-state index contributed by atoms with van der Waals surface area (Å²) in [6.07, 6.45) is 1.56. The summed E-state index contributed by atoms with van der Waals surface area (Å²) in [7, 11) is 0. The molecule has 0 aliphatic carbocycles. The van der Waals surface area contributed by atoms with Gasteiger partial charge >= 0.3 is 0 Å². The fourth-order valence-electron chi connectivity index (χ4n) is 2.98. The summed E-state index contributed by atoms with van der Waals surface area (Å²) in [5.74, 6) is 0.177. The van der Waals surface area contributed by atoms with Crippen molar-refractivity contribution in [2.45, 2.75) is 6.92 Å². The Kier molecular flexibility index (Phi) is 4.44. The maximum absolute atomic E-state index is 12.8. The second-order valence-corrected chi connectivity index (χ2v) is 6.36. The highest BCUT2D eigenvalue weighted by atomic mass is 16.6. The molecule has 144 valence electrons. The van der Waals surface area contributed by atoms with Gasteiger partial charge in [0.25, 0.3) is 11.6 Å². The lowest BCUT2D eigenvalue weighted by molar-refractivity contribution is -0.384. The van der Waals surface area contributed by atoms with Crippen molar-refractivity contribution in [2.75, 3.05) is 5.01 Å². The summed E-state index contributed by atoms with van der Waals surface area (Å²) in [6, 6.07) is 15.9. The molecule has 2 aromatic carbocycles. The molecule has 0 fully saturated rings. The highest BCUT2D eigenvalue weighted by Crippen LogP contribution is 2.34. The van der Waals surface area contributed by atoms with Crippen LogP contribution in [0.25, 0.3) is 17.4 Å². The molecule has 0 atom stereocenters. The van der Waals surface area contributed by atoms with E-state index in [1.807, 2.05) is 18.2 Å². The molecule has 1 aliphatic heterocycles. The number of para-hydroxylation sites is 1. The summed E-state index contributed by atoms with van der Waals surface area (Å²) >= 11 is 0. The number of nitro benzene ring substituents is 1. The number of hydrogen-bond acceptors (Lipinski definition) is 6. The van der Waals surface area contributed by atoms with E-state index >= 15 is 0 Å². The van der Waals surface area contributed by atoms with Crippen LogP contribution in [0.1, 0.15) is 12.7 Å². The molecule has 8 nitrogen and oxygen atoms in total. The fourth-order valence-corrected chi connectivity index (χ4v) is 2.98. The smallest absolute Gasteiger partial charge is 0.280 e. The Bertz CT molecular complexity index is 1180. The number of hydrazone groups is 1. The zero-order valence-corrected chi connectivity index (χ0v) is 15.3. The van der Waals surface area contributed by atoms with Gasteiger partial charge in [-0.05, 0) is 43.3 Å². The number of nitrogens with zero attached hydrogens (tertiary/aromatic N) is 3. The first kappa shape index (κ1) is 18.2. The van der Waals surface area contributed by atoms with E-state index in [-0.39, 0.29) is 28.7 Å². The van der Waals surface area contributed by atoms with Crippen LogP contribution in [0.5, 0.6) is 5.75 Å². The molecule has 29 heavy (non-hydrogen) atoms. The van der Waals surface area contributed by atoms with Crippen molar-refractivity contribution in [3.63, 3.8) is 0 Å². The summed E-state index contributed by atoms with van der Waals surface area (Å²) < 4.78 is 5.70. The van der Waals surface area contributed by atoms with Crippen LogP contribution in [0.15, 0.2) is 75.8 Å². The van der Waals surface area contributed by atoms with Crippen LogP contribution < -0.4 is 5.01 Å². The van der Waals surface area contributed by atoms with E-state index in [0.29, 0.717) is 22.7 Å². The van der Waals surface area contributed by atoms with Gasteiger partial charge in [-0.15, -0.1) is 0 Å². The van der Waals surface area contributed by atoms with E-state index in [1.54, 1.807) is 37.3 Å². The molecule has 2 heterocycles. The van der Waals surface area contributed by atoms with Gasteiger partial charge in [0.15, 0.2) is 0 Å². The minimum absolute atomic E-state index is 0.144. The monoisotopic (exact) mass is 389 g/mol. The van der Waals surface area contributed by atoms with E-state index in [4.69, 9.17) is 4.42 Å². The molecule has 0 unspecified atom stereocenters. The van der Waals surface area contributed by atoms with Crippen LogP contribution in [-0.2, 0) is 4.79 Å². The number of rotatable bonds is 4. The Balaban J connectivity index is 1.65. The molecule has 1 aliphatic rings. The summed E-state index contributed by atoms with van der Waals surface area (Å²) in [4.78, 5) is 23.2. The quantitative estimate of drug-likeness (QED) is 0.405. The predicted octanol–water partition coefficient (Wildman–Crippen LogP) is 4.37. The van der Waals surface area contributed by atoms with Gasteiger partial charge in [-0.25, -0.2) is 0 Å². The first-order valence-electron chi connectivity index (χ1n) is 8.68. The van der Waals surface area contributed by atoms with Crippen molar-refractivity contribution < 1.29 is 19.2 Å². The molecule has 0 saturated heterocycles. The molecule has 3 aromatic rings. The summed E-state index contributed by atoms with van der Waals surface area (Å²) in [5, 5.41) is 26.6. The number of carbonyl (C=O) groups is 1. The Morgan fingerprint density at radius 2 is 1.90 bits per heavy atom. The molecule has 0 spiro atoms. The zero-order chi connectivity index (χ0) is 20.5. The Morgan fingerprint density at radius 1 is 1.14 bits per heavy atom. The molecule has 8 heteroatoms. The van der Waals surface area contributed by atoms with E-state index in [1.165, 1.54) is 23.2 Å². The van der Waals surface area contributed by atoms with Crippen LogP contribution in [0.2, 0.25) is 0 Å². The Morgan fingerprint density at radius 3 is 2.62 bits per heavy atom. The van der Waals surface area contributed by atoms with Crippen LogP contribution in [-0.4, -0.2) is 21.6 Å². The molecular formula is C21H15N3O5. The number of anilines is 1. The third-order valence-electron chi connectivity index (χ3n) is 4.43. The van der Waals surface area contributed by atoms with Crippen molar-refractivity contribution in [1.29, 1.82) is 0 Å². The van der Waals surface area contributed by atoms with E-state index < -0.39 is 4.92 Å². The average Bonchev–Trinajstić information content (AvgIpc) is 3.29. The van der Waals surface area contributed by atoms with E-state index in [0.717, 1.165) is 0 Å². The van der Waals surface area contributed by atoms with Crippen LogP contribution in [0.4, 0.5) is 11.4 Å². The summed E-state index contributed by atoms with van der Waals surface area (Å²) in [6.45, 7) is 1.73. The third-order valence-corrected chi connectivity index (χ3v) is 4.43. The fraction of sp³-hybridized carbons (Fsp3) is 0.0476. The number of phenols is 1. The molecule has 1 N–H and O–H groups in total. The van der Waals surface area contributed by atoms with Crippen molar-refractivity contribution in [3.05, 3.63) is 82.1 Å². The van der Waals surface area contributed by atoms with Gasteiger partial charge in [0.05, 0.1) is 27.5 Å². The molecule has 0 bridgehead atoms. The first-order valence-corrected chi connectivity index (χ1v) is 8.68. The minimum Gasteiger partial charge on any atom is -0.507 e. The Labute approximate surface area is 165 Å². The van der Waals surface area contributed by atoms with Crippen LogP contribution in [0.3, 0.4) is 0 Å². The normalized spacial score (nSPS) is 15.1. The van der Waals surface area contributed by atoms with Crippen LogP contribution in [0, 0.1) is 10.1 Å². The lowest BCUT2D eigenvalue weighted by Gasteiger charge is -2.10. The lowest BCUT2D eigenvalue weighted by Crippen LogP contribution is -2.21. The summed E-state index contributed by atoms with van der Waals surface area (Å²) in [5.41, 5.74) is 1.59. The number of aromatic hydroxyl groups is 1. The van der Waals surface area contributed by atoms with Gasteiger partial charge in [0.2, 0.25) is 0 Å². The second-order valence-electron chi connectivity index (χ2n) is 6.36. The van der Waals surface area contributed by atoms with Gasteiger partial charge in [0.1, 0.15) is 17.3 Å². The number of amides is 1. The van der Waals surface area contributed by atoms with Gasteiger partial charge < -0.3 is 9.52 Å². The highest BCUT2D eigenvalue weighted by Gasteiger charge is 2.29. The number of nitro groups is 1. The lowest BCUT2D eigenvalue weighted by atomic mass is 10.1. The van der Waals surface area contributed by atoms with Gasteiger partial charge in [-0.1, -0.05) is 18.2 Å². The molecule has 4 rings (SSSR count). The molecule has 1 aromatic heterocycles. The Hall–Kier alpha value is -4.20. The number of benzene rings is 2. The molecule has 0 saturated carbocycles. The number of non-ortho nitro benzene ring substituents is 1. The van der Waals surface area contributed by atoms with Crippen molar-refractivity contribution in [1.82, 2.24) is 0 Å². The number of phenolic OH excluding ortho intramolecular Hbond substituents is 1. The number of carbonyl (C=O) groups excluding carboxylic acids is 1. The highest BCUT2D eigenvalue weighted by molar-refractivity contribution is 6.32. The number of furan rings is 1. The average molecular weight is 389 g/mol. The molecule has 1 amide bonds. The van der Waals surface area contributed by atoms with E-state index in [9.17, 15) is 20.0 Å². The third kappa shape index (κ3) is 3.39. The second kappa shape index (κ2) is 7.08.